The lowest BCUT2D eigenvalue weighted by Crippen LogP contribution is -1.99. The van der Waals surface area contributed by atoms with Gasteiger partial charge in [0.1, 0.15) is 0 Å². The van der Waals surface area contributed by atoms with E-state index in [1.54, 1.807) is 25.1 Å². The predicted molar refractivity (Wildman–Crippen MR) is 62.7 cm³/mol. The maximum Gasteiger partial charge on any atom is 0.384 e. The topological polar surface area (TPSA) is 26.3 Å². The van der Waals surface area contributed by atoms with Gasteiger partial charge in [-0.05, 0) is 41.1 Å². The fourth-order valence-electron chi connectivity index (χ4n) is 0.876. The van der Waals surface area contributed by atoms with Crippen LogP contribution in [0.2, 0.25) is 5.02 Å². The highest BCUT2D eigenvalue weighted by Gasteiger charge is 1.98. The van der Waals surface area contributed by atoms with E-state index in [0.717, 1.165) is 4.47 Å². The SMILES string of the molecule is CCOC(=O)C#Cc1ccc(Cl)cc1Br. The van der Waals surface area contributed by atoms with Crippen LogP contribution in [0.3, 0.4) is 0 Å². The second-order valence-corrected chi connectivity index (χ2v) is 3.89. The van der Waals surface area contributed by atoms with Gasteiger partial charge in [-0.15, -0.1) is 0 Å². The van der Waals surface area contributed by atoms with Crippen LogP contribution >= 0.6 is 27.5 Å². The molecule has 0 aliphatic heterocycles. The smallest absolute Gasteiger partial charge is 0.384 e. The third-order valence-electron chi connectivity index (χ3n) is 1.51. The van der Waals surface area contributed by atoms with Crippen molar-refractivity contribution in [2.75, 3.05) is 6.61 Å². The molecular formula is C11H8BrClO2. The number of hydrogen-bond donors (Lipinski definition) is 0. The Morgan fingerprint density at radius 3 is 2.93 bits per heavy atom. The average molecular weight is 288 g/mol. The first-order valence-corrected chi connectivity index (χ1v) is 5.44. The van der Waals surface area contributed by atoms with E-state index >= 15 is 0 Å². The molecule has 0 aliphatic carbocycles. The summed E-state index contributed by atoms with van der Waals surface area (Å²) >= 11 is 9.06. The number of ether oxygens (including phenoxy) is 1. The molecule has 0 saturated carbocycles. The predicted octanol–water partition coefficient (Wildman–Crippen LogP) is 3.02. The Balaban J connectivity index is 2.84. The van der Waals surface area contributed by atoms with Crippen molar-refractivity contribution in [3.8, 4) is 11.8 Å². The van der Waals surface area contributed by atoms with E-state index < -0.39 is 5.97 Å². The molecule has 0 aromatic heterocycles. The summed E-state index contributed by atoms with van der Waals surface area (Å²) in [7, 11) is 0. The van der Waals surface area contributed by atoms with Gasteiger partial charge >= 0.3 is 5.97 Å². The Kier molecular flexibility index (Phi) is 4.67. The third kappa shape index (κ3) is 3.94. The molecule has 0 saturated heterocycles. The molecule has 4 heteroatoms. The molecule has 1 aromatic rings. The molecular weight excluding hydrogens is 279 g/mol. The molecule has 1 rings (SSSR count). The number of esters is 1. The molecule has 1 aromatic carbocycles. The molecule has 15 heavy (non-hydrogen) atoms. The molecule has 0 radical (unpaired) electrons. The second kappa shape index (κ2) is 5.79. The van der Waals surface area contributed by atoms with Gasteiger partial charge in [-0.3, -0.25) is 0 Å². The highest BCUT2D eigenvalue weighted by Crippen LogP contribution is 2.20. The molecule has 0 bridgehead atoms. The first kappa shape index (κ1) is 12.1. The Bertz CT molecular complexity index is 432. The van der Waals surface area contributed by atoms with Crippen LogP contribution in [0.1, 0.15) is 12.5 Å². The number of halogens is 2. The van der Waals surface area contributed by atoms with Crippen molar-refractivity contribution < 1.29 is 9.53 Å². The lowest BCUT2D eigenvalue weighted by molar-refractivity contribution is -0.136. The molecule has 0 unspecified atom stereocenters. The summed E-state index contributed by atoms with van der Waals surface area (Å²) in [4.78, 5) is 11.0. The molecule has 0 aliphatic rings. The monoisotopic (exact) mass is 286 g/mol. The number of hydrogen-bond acceptors (Lipinski definition) is 2. The first-order valence-electron chi connectivity index (χ1n) is 4.27. The summed E-state index contributed by atoms with van der Waals surface area (Å²) in [6, 6.07) is 5.16. The second-order valence-electron chi connectivity index (χ2n) is 2.59. The van der Waals surface area contributed by atoms with Gasteiger partial charge in [0.05, 0.1) is 6.61 Å². The van der Waals surface area contributed by atoms with Crippen LogP contribution < -0.4 is 0 Å². The minimum atomic E-state index is -0.528. The van der Waals surface area contributed by atoms with Crippen molar-refractivity contribution in [1.29, 1.82) is 0 Å². The molecule has 0 spiro atoms. The summed E-state index contributed by atoms with van der Waals surface area (Å²) in [5, 5.41) is 0.614. The van der Waals surface area contributed by atoms with E-state index in [0.29, 0.717) is 17.2 Å². The molecule has 0 amide bonds. The maximum atomic E-state index is 11.0. The van der Waals surface area contributed by atoms with Gasteiger partial charge in [0.25, 0.3) is 0 Å². The number of benzene rings is 1. The van der Waals surface area contributed by atoms with Crippen molar-refractivity contribution in [3.63, 3.8) is 0 Å². The summed E-state index contributed by atoms with van der Waals surface area (Å²) in [6.07, 6.45) is 0. The summed E-state index contributed by atoms with van der Waals surface area (Å²) in [5.74, 6) is 4.54. The fraction of sp³-hybridized carbons (Fsp3) is 0.182. The Morgan fingerprint density at radius 2 is 2.33 bits per heavy atom. The Labute approximate surface area is 102 Å². The normalized spacial score (nSPS) is 9.00. The number of carbonyl (C=O) groups excluding carboxylic acids is 1. The maximum absolute atomic E-state index is 11.0. The van der Waals surface area contributed by atoms with Crippen LogP contribution in [0.25, 0.3) is 0 Å². The molecule has 0 N–H and O–H groups in total. The summed E-state index contributed by atoms with van der Waals surface area (Å²) < 4.78 is 5.43. The van der Waals surface area contributed by atoms with Gasteiger partial charge in [-0.25, -0.2) is 4.79 Å². The van der Waals surface area contributed by atoms with Crippen LogP contribution in [0, 0.1) is 11.8 Å². The van der Waals surface area contributed by atoms with Gasteiger partial charge in [0.2, 0.25) is 0 Å². The Hall–Kier alpha value is -0.980. The minimum absolute atomic E-state index is 0.329. The van der Waals surface area contributed by atoms with Crippen molar-refractivity contribution in [2.45, 2.75) is 6.92 Å². The van der Waals surface area contributed by atoms with Gasteiger partial charge in [-0.2, -0.15) is 0 Å². The Morgan fingerprint density at radius 1 is 1.60 bits per heavy atom. The fourth-order valence-corrected chi connectivity index (χ4v) is 1.66. The zero-order chi connectivity index (χ0) is 11.3. The molecule has 0 fully saturated rings. The molecule has 0 heterocycles. The van der Waals surface area contributed by atoms with E-state index in [4.69, 9.17) is 11.6 Å². The summed E-state index contributed by atoms with van der Waals surface area (Å²) in [5.41, 5.74) is 0.701. The number of rotatable bonds is 1. The zero-order valence-corrected chi connectivity index (χ0v) is 10.4. The average Bonchev–Trinajstić information content (AvgIpc) is 2.17. The van der Waals surface area contributed by atoms with Crippen LogP contribution in [0.5, 0.6) is 0 Å². The van der Waals surface area contributed by atoms with Gasteiger partial charge < -0.3 is 4.74 Å². The van der Waals surface area contributed by atoms with Crippen LogP contribution in [-0.4, -0.2) is 12.6 Å². The van der Waals surface area contributed by atoms with Crippen LogP contribution in [0.4, 0.5) is 0 Å². The van der Waals surface area contributed by atoms with Crippen molar-refractivity contribution in [3.05, 3.63) is 33.3 Å². The lowest BCUT2D eigenvalue weighted by Gasteiger charge is -1.96. The van der Waals surface area contributed by atoms with E-state index in [1.165, 1.54) is 0 Å². The highest BCUT2D eigenvalue weighted by molar-refractivity contribution is 9.10. The highest BCUT2D eigenvalue weighted by atomic mass is 79.9. The van der Waals surface area contributed by atoms with Gasteiger partial charge in [0, 0.05) is 21.0 Å². The van der Waals surface area contributed by atoms with Crippen molar-refractivity contribution in [1.82, 2.24) is 0 Å². The summed E-state index contributed by atoms with van der Waals surface area (Å²) in [6.45, 7) is 2.06. The molecule has 78 valence electrons. The van der Waals surface area contributed by atoms with Crippen LogP contribution in [-0.2, 0) is 9.53 Å². The van der Waals surface area contributed by atoms with Gasteiger partial charge in [-0.1, -0.05) is 17.5 Å². The van der Waals surface area contributed by atoms with E-state index in [9.17, 15) is 4.79 Å². The largest absolute Gasteiger partial charge is 0.456 e. The number of carbonyl (C=O) groups is 1. The molecule has 0 atom stereocenters. The van der Waals surface area contributed by atoms with Crippen molar-refractivity contribution >= 4 is 33.5 Å². The standard InChI is InChI=1S/C11H8BrClO2/c1-2-15-11(14)6-4-8-3-5-9(13)7-10(8)12/h3,5,7H,2H2,1H3. The van der Waals surface area contributed by atoms with Gasteiger partial charge in [0.15, 0.2) is 0 Å². The van der Waals surface area contributed by atoms with Crippen LogP contribution in [0.15, 0.2) is 22.7 Å². The van der Waals surface area contributed by atoms with E-state index in [1.807, 2.05) is 0 Å². The van der Waals surface area contributed by atoms with Crippen molar-refractivity contribution in [2.24, 2.45) is 0 Å². The molecule has 2 nitrogen and oxygen atoms in total. The van der Waals surface area contributed by atoms with E-state index in [2.05, 4.69) is 32.5 Å². The minimum Gasteiger partial charge on any atom is -0.456 e. The quantitative estimate of drug-likeness (QED) is 0.586. The lowest BCUT2D eigenvalue weighted by atomic mass is 10.2. The first-order chi connectivity index (χ1) is 7.13. The van der Waals surface area contributed by atoms with E-state index in [-0.39, 0.29) is 0 Å². The third-order valence-corrected chi connectivity index (χ3v) is 2.40. The zero-order valence-electron chi connectivity index (χ0n) is 8.01.